The van der Waals surface area contributed by atoms with Crippen molar-refractivity contribution in [2.45, 2.75) is 9.79 Å². The number of benzene rings is 5. The van der Waals surface area contributed by atoms with Crippen LogP contribution in [-0.4, -0.2) is 8.42 Å². The Labute approximate surface area is 229 Å². The number of nitrogens with two attached hydrogens (primary N) is 2. The fraction of sp³-hybridized carbons (Fsp3) is 0. The Bertz CT molecular complexity index is 1690. The van der Waals surface area contributed by atoms with Gasteiger partial charge in [0.05, 0.1) is 21.2 Å². The monoisotopic (exact) mass is 586 g/mol. The molecule has 0 aliphatic carbocycles. The fourth-order valence-electron chi connectivity index (χ4n) is 3.82. The molecule has 8 heteroatoms. The van der Waals surface area contributed by atoms with Gasteiger partial charge in [0.15, 0.2) is 0 Å². The molecule has 0 radical (unpaired) electrons. The molecule has 0 fully saturated rings. The van der Waals surface area contributed by atoms with Crippen molar-refractivity contribution in [3.05, 3.63) is 120 Å². The Morgan fingerprint density at radius 2 is 1.08 bits per heavy atom. The largest absolute Gasteiger partial charge is 0.457 e. The highest BCUT2D eigenvalue weighted by atomic mass is 79.9. The lowest BCUT2D eigenvalue weighted by Crippen LogP contribution is -2.02. The van der Waals surface area contributed by atoms with Crippen molar-refractivity contribution in [3.63, 3.8) is 0 Å². The van der Waals surface area contributed by atoms with E-state index in [1.807, 2.05) is 48.5 Å². The van der Waals surface area contributed by atoms with Crippen LogP contribution >= 0.6 is 15.9 Å². The van der Waals surface area contributed by atoms with Gasteiger partial charge in [-0.2, -0.15) is 0 Å². The molecule has 5 aromatic rings. The highest BCUT2D eigenvalue weighted by Crippen LogP contribution is 2.33. The molecule has 0 aliphatic rings. The van der Waals surface area contributed by atoms with E-state index in [0.717, 1.165) is 15.6 Å². The van der Waals surface area contributed by atoms with Crippen molar-refractivity contribution < 1.29 is 17.9 Å². The second-order valence-corrected chi connectivity index (χ2v) is 11.3. The molecule has 190 valence electrons. The minimum Gasteiger partial charge on any atom is -0.457 e. The van der Waals surface area contributed by atoms with Crippen LogP contribution in [0.25, 0.3) is 11.1 Å². The zero-order valence-corrected chi connectivity index (χ0v) is 22.4. The Hall–Kier alpha value is -4.27. The SMILES string of the molecule is Nc1ccc(Oc2ccc(S(=O)(=O)c3ccc(Oc4cc(Br)cc(-c5ccccc5)c4)cc3)cc2)cc1N. The van der Waals surface area contributed by atoms with Gasteiger partial charge in [-0.3, -0.25) is 0 Å². The molecule has 0 heterocycles. The fourth-order valence-corrected chi connectivity index (χ4v) is 5.55. The Kier molecular flexibility index (Phi) is 7.09. The number of hydrogen-bond acceptors (Lipinski definition) is 6. The van der Waals surface area contributed by atoms with E-state index < -0.39 is 9.84 Å². The van der Waals surface area contributed by atoms with Crippen LogP contribution in [0.4, 0.5) is 11.4 Å². The minimum atomic E-state index is -3.74. The van der Waals surface area contributed by atoms with Crippen LogP contribution in [0.1, 0.15) is 0 Å². The van der Waals surface area contributed by atoms with E-state index in [1.165, 1.54) is 24.3 Å². The molecule has 4 N–H and O–H groups in total. The summed E-state index contributed by atoms with van der Waals surface area (Å²) in [6.45, 7) is 0. The first-order chi connectivity index (χ1) is 18.3. The van der Waals surface area contributed by atoms with Crippen molar-refractivity contribution in [3.8, 4) is 34.1 Å². The molecule has 0 unspecified atom stereocenters. The molecule has 5 rings (SSSR count). The Morgan fingerprint density at radius 3 is 1.66 bits per heavy atom. The van der Waals surface area contributed by atoms with Gasteiger partial charge in [0, 0.05) is 10.5 Å². The Balaban J connectivity index is 1.31. The van der Waals surface area contributed by atoms with Gasteiger partial charge in [-0.1, -0.05) is 46.3 Å². The maximum atomic E-state index is 13.2. The lowest BCUT2D eigenvalue weighted by Gasteiger charge is -2.11. The summed E-state index contributed by atoms with van der Waals surface area (Å²) in [6.07, 6.45) is 0. The smallest absolute Gasteiger partial charge is 0.206 e. The van der Waals surface area contributed by atoms with E-state index in [-0.39, 0.29) is 9.79 Å². The molecular formula is C30H23BrN2O4S. The zero-order chi connectivity index (χ0) is 26.7. The van der Waals surface area contributed by atoms with Crippen LogP contribution in [-0.2, 0) is 9.84 Å². The average molecular weight is 587 g/mol. The summed E-state index contributed by atoms with van der Waals surface area (Å²) in [5.74, 6) is 2.13. The van der Waals surface area contributed by atoms with Crippen molar-refractivity contribution >= 4 is 37.1 Å². The summed E-state index contributed by atoms with van der Waals surface area (Å²) in [4.78, 5) is 0.305. The quantitative estimate of drug-likeness (QED) is 0.189. The minimum absolute atomic E-state index is 0.148. The number of anilines is 2. The standard InChI is InChI=1S/C30H23BrN2O4S/c31-22-16-21(20-4-2-1-3-5-20)17-26(18-22)37-24-8-13-28(14-9-24)38(34,35)27-11-6-23(7-12-27)36-25-10-15-29(32)30(33)19-25/h1-19H,32-33H2. The topological polar surface area (TPSA) is 105 Å². The number of rotatable bonds is 7. The van der Waals surface area contributed by atoms with Crippen LogP contribution in [0.15, 0.2) is 130 Å². The van der Waals surface area contributed by atoms with E-state index in [9.17, 15) is 8.42 Å². The van der Waals surface area contributed by atoms with Gasteiger partial charge in [-0.15, -0.1) is 0 Å². The van der Waals surface area contributed by atoms with Crippen molar-refractivity contribution in [2.75, 3.05) is 11.5 Å². The second-order valence-electron chi connectivity index (χ2n) is 8.48. The van der Waals surface area contributed by atoms with E-state index in [2.05, 4.69) is 15.9 Å². The van der Waals surface area contributed by atoms with Gasteiger partial charge in [0.1, 0.15) is 23.0 Å². The number of halogens is 1. The molecule has 0 aromatic heterocycles. The van der Waals surface area contributed by atoms with Crippen LogP contribution in [0.2, 0.25) is 0 Å². The maximum absolute atomic E-state index is 13.2. The van der Waals surface area contributed by atoms with Gasteiger partial charge in [-0.25, -0.2) is 8.42 Å². The number of nitrogen functional groups attached to an aromatic ring is 2. The van der Waals surface area contributed by atoms with E-state index in [4.69, 9.17) is 20.9 Å². The highest BCUT2D eigenvalue weighted by Gasteiger charge is 2.18. The van der Waals surface area contributed by atoms with Gasteiger partial charge >= 0.3 is 0 Å². The molecule has 0 bridgehead atoms. The number of hydrogen-bond donors (Lipinski definition) is 2. The third kappa shape index (κ3) is 5.66. The van der Waals surface area contributed by atoms with Crippen molar-refractivity contribution in [1.29, 1.82) is 0 Å². The predicted octanol–water partition coefficient (Wildman–Crippen LogP) is 7.70. The summed E-state index contributed by atoms with van der Waals surface area (Å²) in [6, 6.07) is 33.3. The van der Waals surface area contributed by atoms with Crippen LogP contribution < -0.4 is 20.9 Å². The molecule has 5 aromatic carbocycles. The lowest BCUT2D eigenvalue weighted by molar-refractivity contribution is 0.482. The van der Waals surface area contributed by atoms with E-state index in [1.54, 1.807) is 42.5 Å². The summed E-state index contributed by atoms with van der Waals surface area (Å²) in [5, 5.41) is 0. The molecule has 0 saturated heterocycles. The van der Waals surface area contributed by atoms with Gasteiger partial charge in [0.25, 0.3) is 0 Å². The molecule has 0 atom stereocenters. The summed E-state index contributed by atoms with van der Waals surface area (Å²) in [5.41, 5.74) is 14.5. The zero-order valence-electron chi connectivity index (χ0n) is 20.0. The van der Waals surface area contributed by atoms with Gasteiger partial charge in [0.2, 0.25) is 9.84 Å². The first-order valence-electron chi connectivity index (χ1n) is 11.6. The molecule has 0 saturated carbocycles. The molecule has 0 spiro atoms. The second kappa shape index (κ2) is 10.6. The summed E-state index contributed by atoms with van der Waals surface area (Å²) >= 11 is 3.54. The first kappa shape index (κ1) is 25.4. The first-order valence-corrected chi connectivity index (χ1v) is 13.9. The predicted molar refractivity (Wildman–Crippen MR) is 153 cm³/mol. The molecular weight excluding hydrogens is 564 g/mol. The third-order valence-electron chi connectivity index (χ3n) is 5.78. The third-order valence-corrected chi connectivity index (χ3v) is 8.02. The molecule has 0 amide bonds. The van der Waals surface area contributed by atoms with Crippen LogP contribution in [0.5, 0.6) is 23.0 Å². The Morgan fingerprint density at radius 1 is 0.526 bits per heavy atom. The highest BCUT2D eigenvalue weighted by molar-refractivity contribution is 9.10. The van der Waals surface area contributed by atoms with E-state index in [0.29, 0.717) is 34.4 Å². The van der Waals surface area contributed by atoms with E-state index >= 15 is 0 Å². The number of sulfone groups is 1. The average Bonchev–Trinajstić information content (AvgIpc) is 2.92. The van der Waals surface area contributed by atoms with Crippen molar-refractivity contribution in [2.24, 2.45) is 0 Å². The number of ether oxygens (including phenoxy) is 2. The molecule has 0 aliphatic heterocycles. The summed E-state index contributed by atoms with van der Waals surface area (Å²) < 4.78 is 39.0. The maximum Gasteiger partial charge on any atom is 0.206 e. The molecule has 6 nitrogen and oxygen atoms in total. The van der Waals surface area contributed by atoms with Gasteiger partial charge < -0.3 is 20.9 Å². The molecule has 38 heavy (non-hydrogen) atoms. The van der Waals surface area contributed by atoms with Crippen LogP contribution in [0.3, 0.4) is 0 Å². The summed E-state index contributed by atoms with van der Waals surface area (Å²) in [7, 11) is -3.74. The van der Waals surface area contributed by atoms with Gasteiger partial charge in [-0.05, 0) is 90.0 Å². The lowest BCUT2D eigenvalue weighted by atomic mass is 10.1. The van der Waals surface area contributed by atoms with Crippen LogP contribution in [0, 0.1) is 0 Å². The van der Waals surface area contributed by atoms with Crippen molar-refractivity contribution in [1.82, 2.24) is 0 Å². The normalized spacial score (nSPS) is 11.2.